The van der Waals surface area contributed by atoms with Gasteiger partial charge in [-0.3, -0.25) is 0 Å². The molecule has 0 aliphatic rings. The minimum atomic E-state index is 0.171. The van der Waals surface area contributed by atoms with E-state index in [1.165, 1.54) is 16.7 Å². The third-order valence-electron chi connectivity index (χ3n) is 2.77. The Bertz CT molecular complexity index is 497. The van der Waals surface area contributed by atoms with E-state index in [-0.39, 0.29) is 4.83 Å². The number of aryl methyl sites for hydroxylation is 2. The molecule has 0 N–H and O–H groups in total. The topological polar surface area (TPSA) is 25.8 Å². The maximum atomic E-state index is 4.27. The summed E-state index contributed by atoms with van der Waals surface area (Å²) >= 11 is 3.66. The minimum Gasteiger partial charge on any atom is -0.240 e. The summed E-state index contributed by atoms with van der Waals surface area (Å²) in [6.07, 6.45) is 4.47. The van der Waals surface area contributed by atoms with E-state index >= 15 is 0 Å². The summed E-state index contributed by atoms with van der Waals surface area (Å²) in [5.41, 5.74) is 3.95. The average molecular weight is 291 g/mol. The molecule has 2 rings (SSSR count). The minimum absolute atomic E-state index is 0.171. The molecule has 1 atom stereocenters. The van der Waals surface area contributed by atoms with Crippen molar-refractivity contribution in [3.8, 4) is 0 Å². The zero-order valence-corrected chi connectivity index (χ0v) is 11.6. The summed E-state index contributed by atoms with van der Waals surface area (Å²) in [5.74, 6) is 0.841. The van der Waals surface area contributed by atoms with Crippen LogP contribution in [0.4, 0.5) is 0 Å². The van der Waals surface area contributed by atoms with E-state index in [2.05, 4.69) is 57.9 Å². The fraction of sp³-hybridized carbons (Fsp3) is 0.286. The molecule has 1 aromatic carbocycles. The van der Waals surface area contributed by atoms with Crippen LogP contribution in [0.3, 0.4) is 0 Å². The van der Waals surface area contributed by atoms with Gasteiger partial charge in [0.25, 0.3) is 0 Å². The Morgan fingerprint density at radius 1 is 1.18 bits per heavy atom. The van der Waals surface area contributed by atoms with E-state index < -0.39 is 0 Å². The average Bonchev–Trinajstić information content (AvgIpc) is 2.35. The van der Waals surface area contributed by atoms with Crippen molar-refractivity contribution in [2.24, 2.45) is 0 Å². The van der Waals surface area contributed by atoms with Gasteiger partial charge in [0.1, 0.15) is 5.82 Å². The quantitative estimate of drug-likeness (QED) is 0.804. The van der Waals surface area contributed by atoms with E-state index in [9.17, 15) is 0 Å². The van der Waals surface area contributed by atoms with Crippen LogP contribution in [-0.2, 0) is 6.42 Å². The number of aromatic nitrogens is 2. The number of nitrogens with zero attached hydrogens (tertiary/aromatic N) is 2. The van der Waals surface area contributed by atoms with Crippen LogP contribution in [0.1, 0.15) is 27.3 Å². The van der Waals surface area contributed by atoms with Crippen LogP contribution in [0, 0.1) is 13.8 Å². The summed E-state index contributed by atoms with van der Waals surface area (Å²) in [6.45, 7) is 4.26. The summed E-state index contributed by atoms with van der Waals surface area (Å²) in [4.78, 5) is 8.71. The number of halogens is 1. The Balaban J connectivity index is 2.18. The second-order valence-electron chi connectivity index (χ2n) is 4.21. The molecule has 88 valence electrons. The first-order chi connectivity index (χ1) is 8.16. The van der Waals surface area contributed by atoms with Gasteiger partial charge in [0.15, 0.2) is 0 Å². The van der Waals surface area contributed by atoms with Crippen LogP contribution in [0.2, 0.25) is 0 Å². The first-order valence-corrected chi connectivity index (χ1v) is 6.55. The highest BCUT2D eigenvalue weighted by Gasteiger charge is 2.12. The molecule has 3 heteroatoms. The Hall–Kier alpha value is -1.22. The Labute approximate surface area is 110 Å². The highest BCUT2D eigenvalue weighted by molar-refractivity contribution is 9.09. The fourth-order valence-corrected chi connectivity index (χ4v) is 2.36. The number of alkyl halides is 1. The molecule has 0 fully saturated rings. The monoisotopic (exact) mass is 290 g/mol. The number of benzene rings is 1. The highest BCUT2D eigenvalue weighted by Crippen LogP contribution is 2.25. The summed E-state index contributed by atoms with van der Waals surface area (Å²) in [7, 11) is 0. The lowest BCUT2D eigenvalue weighted by Gasteiger charge is -2.11. The molecule has 0 amide bonds. The highest BCUT2D eigenvalue weighted by atomic mass is 79.9. The van der Waals surface area contributed by atoms with Crippen LogP contribution < -0.4 is 0 Å². The van der Waals surface area contributed by atoms with Crippen molar-refractivity contribution in [1.82, 2.24) is 9.97 Å². The first kappa shape index (κ1) is 12.2. The lowest BCUT2D eigenvalue weighted by Crippen LogP contribution is -2.02. The number of hydrogen-bond acceptors (Lipinski definition) is 2. The van der Waals surface area contributed by atoms with Gasteiger partial charge in [-0.05, 0) is 37.5 Å². The third kappa shape index (κ3) is 3.13. The summed E-state index contributed by atoms with van der Waals surface area (Å²) in [6, 6.07) is 8.37. The zero-order valence-electron chi connectivity index (χ0n) is 10.0. The Morgan fingerprint density at radius 2 is 1.88 bits per heavy atom. The molecule has 1 unspecified atom stereocenters. The van der Waals surface area contributed by atoms with Crippen molar-refractivity contribution in [3.05, 3.63) is 59.2 Å². The van der Waals surface area contributed by atoms with Gasteiger partial charge in [0.2, 0.25) is 0 Å². The van der Waals surface area contributed by atoms with E-state index in [4.69, 9.17) is 0 Å². The molecule has 0 spiro atoms. The van der Waals surface area contributed by atoms with Gasteiger partial charge in [-0.1, -0.05) is 39.7 Å². The lowest BCUT2D eigenvalue weighted by atomic mass is 10.0. The van der Waals surface area contributed by atoms with Gasteiger partial charge in [0.05, 0.1) is 4.83 Å². The molecule has 1 heterocycles. The van der Waals surface area contributed by atoms with Crippen LogP contribution in [-0.4, -0.2) is 9.97 Å². The molecule has 17 heavy (non-hydrogen) atoms. The van der Waals surface area contributed by atoms with Crippen molar-refractivity contribution in [3.63, 3.8) is 0 Å². The first-order valence-electron chi connectivity index (χ1n) is 5.64. The van der Waals surface area contributed by atoms with Crippen LogP contribution in [0.15, 0.2) is 36.7 Å². The fourth-order valence-electron chi connectivity index (χ4n) is 1.78. The standard InChI is InChI=1S/C14H15BrN2/c1-10-4-5-11(2)12(8-10)9-13(15)14-16-6-3-7-17-14/h3-8,13H,9H2,1-2H3. The third-order valence-corrected chi connectivity index (χ3v) is 3.50. The molecular weight excluding hydrogens is 276 g/mol. The van der Waals surface area contributed by atoms with E-state index in [1.54, 1.807) is 12.4 Å². The van der Waals surface area contributed by atoms with Crippen LogP contribution in [0.25, 0.3) is 0 Å². The molecule has 0 bridgehead atoms. The van der Waals surface area contributed by atoms with Gasteiger partial charge in [0, 0.05) is 12.4 Å². The van der Waals surface area contributed by atoms with Crippen LogP contribution in [0.5, 0.6) is 0 Å². The Kier molecular flexibility index (Phi) is 3.89. The summed E-state index contributed by atoms with van der Waals surface area (Å²) < 4.78 is 0. The van der Waals surface area contributed by atoms with Gasteiger partial charge >= 0.3 is 0 Å². The predicted octanol–water partition coefficient (Wildman–Crippen LogP) is 3.77. The maximum Gasteiger partial charge on any atom is 0.142 e. The largest absolute Gasteiger partial charge is 0.240 e. The molecule has 1 aromatic heterocycles. The van der Waals surface area contributed by atoms with Crippen molar-refractivity contribution in [2.45, 2.75) is 25.1 Å². The van der Waals surface area contributed by atoms with E-state index in [0.29, 0.717) is 0 Å². The molecule has 2 nitrogen and oxygen atoms in total. The number of hydrogen-bond donors (Lipinski definition) is 0. The molecule has 0 saturated carbocycles. The van der Waals surface area contributed by atoms with Crippen molar-refractivity contribution >= 4 is 15.9 Å². The van der Waals surface area contributed by atoms with Crippen molar-refractivity contribution in [1.29, 1.82) is 0 Å². The molecule has 0 saturated heterocycles. The SMILES string of the molecule is Cc1ccc(C)c(CC(Br)c2ncccn2)c1. The molecule has 0 radical (unpaired) electrons. The second kappa shape index (κ2) is 5.41. The second-order valence-corrected chi connectivity index (χ2v) is 5.31. The van der Waals surface area contributed by atoms with Gasteiger partial charge in [-0.15, -0.1) is 0 Å². The van der Waals surface area contributed by atoms with Crippen LogP contribution >= 0.6 is 15.9 Å². The number of rotatable bonds is 3. The van der Waals surface area contributed by atoms with Crippen molar-refractivity contribution in [2.75, 3.05) is 0 Å². The van der Waals surface area contributed by atoms with Gasteiger partial charge in [-0.2, -0.15) is 0 Å². The smallest absolute Gasteiger partial charge is 0.142 e. The van der Waals surface area contributed by atoms with E-state index in [1.807, 2.05) is 6.07 Å². The lowest BCUT2D eigenvalue weighted by molar-refractivity contribution is 0.844. The van der Waals surface area contributed by atoms with E-state index in [0.717, 1.165) is 12.2 Å². The molecule has 0 aliphatic carbocycles. The van der Waals surface area contributed by atoms with Gasteiger partial charge < -0.3 is 0 Å². The van der Waals surface area contributed by atoms with Gasteiger partial charge in [-0.25, -0.2) is 9.97 Å². The zero-order chi connectivity index (χ0) is 12.3. The molecule has 2 aromatic rings. The predicted molar refractivity (Wildman–Crippen MR) is 73.3 cm³/mol. The molecule has 0 aliphatic heterocycles. The Morgan fingerprint density at radius 3 is 2.59 bits per heavy atom. The summed E-state index contributed by atoms with van der Waals surface area (Å²) in [5, 5.41) is 0. The molecular formula is C14H15BrN2. The normalized spacial score (nSPS) is 12.4. The maximum absolute atomic E-state index is 4.27. The van der Waals surface area contributed by atoms with Crippen molar-refractivity contribution < 1.29 is 0 Å².